The minimum absolute atomic E-state index is 0.159. The third kappa shape index (κ3) is 5.04. The van der Waals surface area contributed by atoms with Crippen LogP contribution in [0.5, 0.6) is 11.5 Å². The Kier molecular flexibility index (Phi) is 6.07. The van der Waals surface area contributed by atoms with Crippen LogP contribution in [0.25, 0.3) is 0 Å². The van der Waals surface area contributed by atoms with E-state index in [1.54, 1.807) is 0 Å². The third-order valence-electron chi connectivity index (χ3n) is 4.56. The predicted molar refractivity (Wildman–Crippen MR) is 96.3 cm³/mol. The lowest BCUT2D eigenvalue weighted by atomic mass is 9.86. The summed E-state index contributed by atoms with van der Waals surface area (Å²) in [5, 5.41) is 5.34. The van der Waals surface area contributed by atoms with Gasteiger partial charge in [-0.1, -0.05) is 19.8 Å². The number of benzene rings is 1. The number of hydrogen-bond donors (Lipinski definition) is 2. The number of rotatable bonds is 4. The van der Waals surface area contributed by atoms with Gasteiger partial charge in [-0.3, -0.25) is 10.1 Å². The van der Waals surface area contributed by atoms with Gasteiger partial charge >= 0.3 is 6.03 Å². The van der Waals surface area contributed by atoms with Gasteiger partial charge in [-0.15, -0.1) is 11.8 Å². The predicted octanol–water partition coefficient (Wildman–Crippen LogP) is 2.95. The Morgan fingerprint density at radius 3 is 2.72 bits per heavy atom. The second-order valence-corrected chi connectivity index (χ2v) is 7.53. The molecule has 1 aliphatic carbocycles. The molecule has 1 aromatic carbocycles. The van der Waals surface area contributed by atoms with Gasteiger partial charge in [-0.2, -0.15) is 0 Å². The summed E-state index contributed by atoms with van der Waals surface area (Å²) in [6, 6.07) is 5.34. The van der Waals surface area contributed by atoms with Gasteiger partial charge in [0.1, 0.15) is 13.2 Å². The van der Waals surface area contributed by atoms with Crippen LogP contribution in [-0.2, 0) is 4.79 Å². The number of amides is 3. The molecule has 6 nitrogen and oxygen atoms in total. The summed E-state index contributed by atoms with van der Waals surface area (Å²) < 4.78 is 11.0. The highest BCUT2D eigenvalue weighted by Gasteiger charge is 2.23. The highest BCUT2D eigenvalue weighted by Crippen LogP contribution is 2.34. The minimum atomic E-state index is -0.397. The minimum Gasteiger partial charge on any atom is -0.486 e. The number of ether oxygens (including phenoxy) is 2. The second-order valence-electron chi connectivity index (χ2n) is 6.48. The van der Waals surface area contributed by atoms with E-state index in [4.69, 9.17) is 9.47 Å². The van der Waals surface area contributed by atoms with Gasteiger partial charge in [-0.05, 0) is 37.0 Å². The Bertz CT molecular complexity index is 638. The summed E-state index contributed by atoms with van der Waals surface area (Å²) in [6.45, 7) is 3.22. The summed E-state index contributed by atoms with van der Waals surface area (Å²) in [4.78, 5) is 24.9. The summed E-state index contributed by atoms with van der Waals surface area (Å²) >= 11 is 1.36. The molecule has 0 saturated heterocycles. The van der Waals surface area contributed by atoms with Crippen molar-refractivity contribution in [2.24, 2.45) is 5.92 Å². The lowest BCUT2D eigenvalue weighted by Gasteiger charge is -2.29. The van der Waals surface area contributed by atoms with Crippen LogP contribution in [-0.4, -0.2) is 36.9 Å². The third-order valence-corrected chi connectivity index (χ3v) is 5.56. The fourth-order valence-electron chi connectivity index (χ4n) is 3.16. The molecule has 0 spiro atoms. The Hall–Kier alpha value is -1.89. The van der Waals surface area contributed by atoms with E-state index in [2.05, 4.69) is 17.6 Å². The van der Waals surface area contributed by atoms with Crippen LogP contribution in [0, 0.1) is 5.92 Å². The first kappa shape index (κ1) is 17.9. The summed E-state index contributed by atoms with van der Waals surface area (Å²) in [5.74, 6) is 1.75. The van der Waals surface area contributed by atoms with E-state index in [-0.39, 0.29) is 17.7 Å². The maximum Gasteiger partial charge on any atom is 0.321 e. The van der Waals surface area contributed by atoms with Crippen molar-refractivity contribution in [3.05, 3.63) is 18.2 Å². The fourth-order valence-corrected chi connectivity index (χ4v) is 3.88. The molecule has 0 unspecified atom stereocenters. The van der Waals surface area contributed by atoms with E-state index in [0.29, 0.717) is 24.9 Å². The van der Waals surface area contributed by atoms with Crippen molar-refractivity contribution < 1.29 is 19.1 Å². The van der Waals surface area contributed by atoms with E-state index in [1.807, 2.05) is 18.2 Å². The van der Waals surface area contributed by atoms with Gasteiger partial charge in [0.25, 0.3) is 0 Å². The van der Waals surface area contributed by atoms with Crippen molar-refractivity contribution in [3.8, 4) is 11.5 Å². The monoisotopic (exact) mass is 364 g/mol. The summed E-state index contributed by atoms with van der Waals surface area (Å²) in [7, 11) is 0. The molecule has 7 heteroatoms. The first-order chi connectivity index (χ1) is 12.1. The molecular weight excluding hydrogens is 340 g/mol. The van der Waals surface area contributed by atoms with Crippen molar-refractivity contribution in [1.29, 1.82) is 0 Å². The van der Waals surface area contributed by atoms with Gasteiger partial charge in [-0.25, -0.2) is 4.79 Å². The number of carbonyl (C=O) groups excluding carboxylic acids is 2. The second kappa shape index (κ2) is 8.47. The molecule has 25 heavy (non-hydrogen) atoms. The largest absolute Gasteiger partial charge is 0.486 e. The maximum atomic E-state index is 12.0. The van der Waals surface area contributed by atoms with Crippen LogP contribution in [0.15, 0.2) is 23.1 Å². The van der Waals surface area contributed by atoms with E-state index in [9.17, 15) is 9.59 Å². The quantitative estimate of drug-likeness (QED) is 0.804. The number of urea groups is 1. The van der Waals surface area contributed by atoms with E-state index < -0.39 is 6.03 Å². The normalized spacial score (nSPS) is 22.1. The zero-order chi connectivity index (χ0) is 17.6. The maximum absolute atomic E-state index is 12.0. The Labute approximate surface area is 152 Å². The Morgan fingerprint density at radius 2 is 1.92 bits per heavy atom. The number of nitrogens with one attached hydrogen (secondary N) is 2. The smallest absolute Gasteiger partial charge is 0.321 e. The van der Waals surface area contributed by atoms with E-state index in [0.717, 1.165) is 29.9 Å². The first-order valence-electron chi connectivity index (χ1n) is 8.74. The van der Waals surface area contributed by atoms with Crippen LogP contribution in [0.1, 0.15) is 32.6 Å². The number of hydrogen-bond acceptors (Lipinski definition) is 5. The van der Waals surface area contributed by atoms with Crippen LogP contribution in [0.2, 0.25) is 0 Å². The molecule has 0 bridgehead atoms. The van der Waals surface area contributed by atoms with Crippen LogP contribution < -0.4 is 20.1 Å². The number of imide groups is 1. The van der Waals surface area contributed by atoms with Gasteiger partial charge in [0.05, 0.1) is 5.75 Å². The average molecular weight is 364 g/mol. The summed E-state index contributed by atoms with van der Waals surface area (Å²) in [6.07, 6.45) is 4.45. The van der Waals surface area contributed by atoms with Crippen molar-refractivity contribution in [1.82, 2.24) is 10.6 Å². The zero-order valence-electron chi connectivity index (χ0n) is 14.4. The van der Waals surface area contributed by atoms with Crippen molar-refractivity contribution >= 4 is 23.7 Å². The van der Waals surface area contributed by atoms with Crippen LogP contribution in [0.3, 0.4) is 0 Å². The Morgan fingerprint density at radius 1 is 1.16 bits per heavy atom. The molecule has 0 aromatic heterocycles. The standard InChI is InChI=1S/C18H24N2O4S/c1-12-4-2-3-5-14(12)19-18(22)20-17(21)11-25-13-6-7-15-16(10-13)24-9-8-23-15/h6-7,10,12,14H,2-5,8-9,11H2,1H3,(H2,19,20,21,22)/t12-,14-/m1/s1. The zero-order valence-corrected chi connectivity index (χ0v) is 15.2. The molecule has 2 aliphatic rings. The molecule has 3 amide bonds. The van der Waals surface area contributed by atoms with Crippen LogP contribution in [0.4, 0.5) is 4.79 Å². The van der Waals surface area contributed by atoms with Gasteiger partial charge in [0.2, 0.25) is 5.91 Å². The Balaban J connectivity index is 1.44. The molecule has 1 heterocycles. The highest BCUT2D eigenvalue weighted by molar-refractivity contribution is 8.00. The molecular formula is C18H24N2O4S. The van der Waals surface area contributed by atoms with Gasteiger partial charge in [0, 0.05) is 10.9 Å². The molecule has 1 fully saturated rings. The molecule has 0 radical (unpaired) electrons. The number of thioether (sulfide) groups is 1. The van der Waals surface area contributed by atoms with Crippen molar-refractivity contribution in [2.75, 3.05) is 19.0 Å². The first-order valence-corrected chi connectivity index (χ1v) is 9.73. The number of carbonyl (C=O) groups is 2. The van der Waals surface area contributed by atoms with Crippen molar-refractivity contribution in [2.45, 2.75) is 43.5 Å². The lowest BCUT2D eigenvalue weighted by Crippen LogP contribution is -2.48. The van der Waals surface area contributed by atoms with Gasteiger partial charge < -0.3 is 14.8 Å². The molecule has 1 aromatic rings. The number of fused-ring (bicyclic) bond motifs is 1. The fraction of sp³-hybridized carbons (Fsp3) is 0.556. The molecule has 2 atom stereocenters. The van der Waals surface area contributed by atoms with Crippen molar-refractivity contribution in [3.63, 3.8) is 0 Å². The van der Waals surface area contributed by atoms with Gasteiger partial charge in [0.15, 0.2) is 11.5 Å². The molecule has 3 rings (SSSR count). The highest BCUT2D eigenvalue weighted by atomic mass is 32.2. The lowest BCUT2D eigenvalue weighted by molar-refractivity contribution is -0.117. The molecule has 1 aliphatic heterocycles. The summed E-state index contributed by atoms with van der Waals surface area (Å²) in [5.41, 5.74) is 0. The van der Waals surface area contributed by atoms with Crippen LogP contribution >= 0.6 is 11.8 Å². The molecule has 1 saturated carbocycles. The van der Waals surface area contributed by atoms with E-state index in [1.165, 1.54) is 18.2 Å². The topological polar surface area (TPSA) is 76.7 Å². The average Bonchev–Trinajstić information content (AvgIpc) is 2.62. The van der Waals surface area contributed by atoms with E-state index >= 15 is 0 Å². The SMILES string of the molecule is C[C@@H]1CCCC[C@H]1NC(=O)NC(=O)CSc1ccc2c(c1)OCCO2. The molecule has 136 valence electrons. The molecule has 2 N–H and O–H groups in total.